The van der Waals surface area contributed by atoms with Gasteiger partial charge in [0.15, 0.2) is 0 Å². The lowest BCUT2D eigenvalue weighted by atomic mass is 10.3. The van der Waals surface area contributed by atoms with Gasteiger partial charge in [-0.15, -0.1) is 0 Å². The van der Waals surface area contributed by atoms with Gasteiger partial charge in [-0.25, -0.2) is 0 Å². The summed E-state index contributed by atoms with van der Waals surface area (Å²) in [6.45, 7) is 1.67. The molecule has 1 amide bonds. The van der Waals surface area contributed by atoms with Crippen molar-refractivity contribution < 1.29 is 9.90 Å². The molecule has 1 atom stereocenters. The zero-order valence-corrected chi connectivity index (χ0v) is 8.84. The SMILES string of the molecule is C[C@H](CO)NC(=O)C=Cc1ccnn1C. The lowest BCUT2D eigenvalue weighted by molar-refractivity contribution is -0.117. The standard InChI is InChI=1S/C10H15N3O2/c1-8(7-14)12-10(15)4-3-9-5-6-11-13(9)2/h3-6,8,14H,7H2,1-2H3,(H,12,15)/t8-/m1/s1. The van der Waals surface area contributed by atoms with E-state index in [0.29, 0.717) is 0 Å². The largest absolute Gasteiger partial charge is 0.394 e. The Morgan fingerprint density at radius 2 is 2.53 bits per heavy atom. The zero-order valence-electron chi connectivity index (χ0n) is 8.84. The Labute approximate surface area is 88.4 Å². The smallest absolute Gasteiger partial charge is 0.244 e. The molecule has 0 aliphatic carbocycles. The molecule has 0 bridgehead atoms. The zero-order chi connectivity index (χ0) is 11.3. The van der Waals surface area contributed by atoms with Crippen molar-refractivity contribution in [3.05, 3.63) is 24.0 Å². The minimum atomic E-state index is -0.228. The number of hydrogen-bond donors (Lipinski definition) is 2. The highest BCUT2D eigenvalue weighted by Gasteiger charge is 2.02. The Hall–Kier alpha value is -1.62. The Morgan fingerprint density at radius 1 is 1.80 bits per heavy atom. The molecule has 0 radical (unpaired) electrons. The minimum absolute atomic E-state index is 0.0642. The monoisotopic (exact) mass is 209 g/mol. The van der Waals surface area contributed by atoms with Crippen LogP contribution in [0.4, 0.5) is 0 Å². The average Bonchev–Trinajstić information content (AvgIpc) is 2.61. The summed E-state index contributed by atoms with van der Waals surface area (Å²) in [4.78, 5) is 11.3. The van der Waals surface area contributed by atoms with E-state index in [2.05, 4.69) is 10.4 Å². The van der Waals surface area contributed by atoms with Gasteiger partial charge in [-0.3, -0.25) is 9.48 Å². The Balaban J connectivity index is 2.51. The van der Waals surface area contributed by atoms with Crippen LogP contribution in [-0.2, 0) is 11.8 Å². The first-order valence-electron chi connectivity index (χ1n) is 4.71. The van der Waals surface area contributed by atoms with Crippen LogP contribution < -0.4 is 5.32 Å². The molecule has 0 aliphatic heterocycles. The first-order chi connectivity index (χ1) is 7.13. The van der Waals surface area contributed by atoms with Gasteiger partial charge in [0.1, 0.15) is 0 Å². The number of aliphatic hydroxyl groups excluding tert-OH is 1. The Kier molecular flexibility index (Phi) is 4.05. The molecular formula is C10H15N3O2. The maximum absolute atomic E-state index is 11.3. The predicted octanol–water partition coefficient (Wildman–Crippen LogP) is -0.0697. The molecule has 1 aromatic heterocycles. The van der Waals surface area contributed by atoms with Crippen molar-refractivity contribution in [2.75, 3.05) is 6.61 Å². The molecule has 15 heavy (non-hydrogen) atoms. The van der Waals surface area contributed by atoms with Gasteiger partial charge in [0.05, 0.1) is 12.3 Å². The van der Waals surface area contributed by atoms with Crippen LogP contribution in [0.3, 0.4) is 0 Å². The number of hydrogen-bond acceptors (Lipinski definition) is 3. The van der Waals surface area contributed by atoms with Crippen molar-refractivity contribution in [1.29, 1.82) is 0 Å². The predicted molar refractivity (Wildman–Crippen MR) is 56.9 cm³/mol. The van der Waals surface area contributed by atoms with E-state index in [0.717, 1.165) is 5.69 Å². The van der Waals surface area contributed by atoms with Crippen molar-refractivity contribution in [1.82, 2.24) is 15.1 Å². The maximum Gasteiger partial charge on any atom is 0.244 e. The lowest BCUT2D eigenvalue weighted by Crippen LogP contribution is -2.33. The summed E-state index contributed by atoms with van der Waals surface area (Å²) >= 11 is 0. The summed E-state index contributed by atoms with van der Waals surface area (Å²) in [6, 6.07) is 1.58. The number of carbonyl (C=O) groups excluding carboxylic acids is 1. The third-order valence-corrected chi connectivity index (χ3v) is 1.93. The van der Waals surface area contributed by atoms with E-state index in [1.54, 1.807) is 37.0 Å². The maximum atomic E-state index is 11.3. The highest BCUT2D eigenvalue weighted by atomic mass is 16.3. The number of carbonyl (C=O) groups is 1. The molecule has 0 aliphatic rings. The summed E-state index contributed by atoms with van der Waals surface area (Å²) in [7, 11) is 1.80. The van der Waals surface area contributed by atoms with Gasteiger partial charge in [0.25, 0.3) is 0 Å². The third-order valence-electron chi connectivity index (χ3n) is 1.93. The van der Waals surface area contributed by atoms with Crippen LogP contribution in [0.5, 0.6) is 0 Å². The molecule has 1 heterocycles. The second-order valence-corrected chi connectivity index (χ2v) is 3.31. The highest BCUT2D eigenvalue weighted by Crippen LogP contribution is 1.98. The molecule has 1 rings (SSSR count). The normalized spacial score (nSPS) is 13.0. The molecule has 0 saturated heterocycles. The topological polar surface area (TPSA) is 67.2 Å². The van der Waals surface area contributed by atoms with Gasteiger partial charge < -0.3 is 10.4 Å². The number of aliphatic hydroxyl groups is 1. The second kappa shape index (κ2) is 5.31. The summed E-state index contributed by atoms with van der Waals surface area (Å²) in [6.07, 6.45) is 4.75. The molecule has 0 saturated carbocycles. The average molecular weight is 209 g/mol. The molecule has 0 aromatic carbocycles. The molecule has 0 unspecified atom stereocenters. The second-order valence-electron chi connectivity index (χ2n) is 3.31. The quantitative estimate of drug-likeness (QED) is 0.682. The van der Waals surface area contributed by atoms with Gasteiger partial charge in [-0.1, -0.05) is 0 Å². The molecular weight excluding hydrogens is 194 g/mol. The number of nitrogens with zero attached hydrogens (tertiary/aromatic N) is 2. The molecule has 2 N–H and O–H groups in total. The molecule has 5 nitrogen and oxygen atoms in total. The van der Waals surface area contributed by atoms with Crippen LogP contribution >= 0.6 is 0 Å². The summed E-state index contributed by atoms with van der Waals surface area (Å²) in [5, 5.41) is 15.3. The van der Waals surface area contributed by atoms with Crippen LogP contribution in [0, 0.1) is 0 Å². The molecule has 0 spiro atoms. The summed E-state index contributed by atoms with van der Waals surface area (Å²) in [5.74, 6) is -0.224. The molecule has 1 aromatic rings. The Bertz CT molecular complexity index is 357. The van der Waals surface area contributed by atoms with Crippen molar-refractivity contribution in [3.8, 4) is 0 Å². The minimum Gasteiger partial charge on any atom is -0.394 e. The van der Waals surface area contributed by atoms with E-state index in [1.165, 1.54) is 6.08 Å². The number of aryl methyl sites for hydroxylation is 1. The van der Waals surface area contributed by atoms with E-state index in [1.807, 2.05) is 0 Å². The number of nitrogens with one attached hydrogen (secondary N) is 1. The van der Waals surface area contributed by atoms with Crippen LogP contribution in [0.2, 0.25) is 0 Å². The van der Waals surface area contributed by atoms with Crippen molar-refractivity contribution >= 4 is 12.0 Å². The van der Waals surface area contributed by atoms with E-state index < -0.39 is 0 Å². The van der Waals surface area contributed by atoms with E-state index in [4.69, 9.17) is 5.11 Å². The first-order valence-corrected chi connectivity index (χ1v) is 4.71. The van der Waals surface area contributed by atoms with E-state index >= 15 is 0 Å². The van der Waals surface area contributed by atoms with E-state index in [-0.39, 0.29) is 18.6 Å². The van der Waals surface area contributed by atoms with Gasteiger partial charge in [-0.2, -0.15) is 5.10 Å². The highest BCUT2D eigenvalue weighted by molar-refractivity contribution is 5.91. The number of rotatable bonds is 4. The van der Waals surface area contributed by atoms with Gasteiger partial charge in [0, 0.05) is 25.4 Å². The molecule has 5 heteroatoms. The number of aromatic nitrogens is 2. The van der Waals surface area contributed by atoms with Crippen molar-refractivity contribution in [2.24, 2.45) is 7.05 Å². The van der Waals surface area contributed by atoms with Crippen LogP contribution in [0.25, 0.3) is 6.08 Å². The van der Waals surface area contributed by atoms with Crippen LogP contribution in [0.15, 0.2) is 18.3 Å². The first kappa shape index (κ1) is 11.5. The summed E-state index contributed by atoms with van der Waals surface area (Å²) in [5.41, 5.74) is 0.849. The van der Waals surface area contributed by atoms with Gasteiger partial charge in [0.2, 0.25) is 5.91 Å². The number of amides is 1. The molecule has 0 fully saturated rings. The third kappa shape index (κ3) is 3.55. The van der Waals surface area contributed by atoms with Crippen molar-refractivity contribution in [2.45, 2.75) is 13.0 Å². The van der Waals surface area contributed by atoms with Gasteiger partial charge in [-0.05, 0) is 19.1 Å². The molecule has 82 valence electrons. The van der Waals surface area contributed by atoms with Crippen LogP contribution in [-0.4, -0.2) is 33.4 Å². The fourth-order valence-corrected chi connectivity index (χ4v) is 1.05. The summed E-state index contributed by atoms with van der Waals surface area (Å²) < 4.78 is 1.67. The van der Waals surface area contributed by atoms with Crippen molar-refractivity contribution in [3.63, 3.8) is 0 Å². The van der Waals surface area contributed by atoms with Crippen LogP contribution in [0.1, 0.15) is 12.6 Å². The lowest BCUT2D eigenvalue weighted by Gasteiger charge is -2.07. The van der Waals surface area contributed by atoms with E-state index in [9.17, 15) is 4.79 Å². The van der Waals surface area contributed by atoms with Gasteiger partial charge >= 0.3 is 0 Å². The fourth-order valence-electron chi connectivity index (χ4n) is 1.05. The fraction of sp³-hybridized carbons (Fsp3) is 0.400. The Morgan fingerprint density at radius 3 is 3.07 bits per heavy atom.